The molecule has 0 radical (unpaired) electrons. The first-order valence-corrected chi connectivity index (χ1v) is 18.2. The van der Waals surface area contributed by atoms with E-state index in [1.165, 1.54) is 0 Å². The molecule has 3 aliphatic heterocycles. The zero-order valence-corrected chi connectivity index (χ0v) is 29.5. The van der Waals surface area contributed by atoms with Gasteiger partial charge in [0.15, 0.2) is 12.6 Å². The molecule has 0 aliphatic carbocycles. The third-order valence-electron chi connectivity index (χ3n) is 11.0. The van der Waals surface area contributed by atoms with Crippen molar-refractivity contribution in [3.8, 4) is 0 Å². The summed E-state index contributed by atoms with van der Waals surface area (Å²) >= 11 is 1.79. The molecule has 0 spiro atoms. The zero-order valence-electron chi connectivity index (χ0n) is 28.6. The molecule has 3 saturated heterocycles. The Bertz CT molecular complexity index is 1020. The van der Waals surface area contributed by atoms with Crippen molar-refractivity contribution in [3.63, 3.8) is 0 Å². The molecule has 15 atom stereocenters. The Kier molecular flexibility index (Phi) is 13.1. The van der Waals surface area contributed by atoms with E-state index < -0.39 is 12.4 Å². The van der Waals surface area contributed by atoms with E-state index in [-0.39, 0.29) is 72.4 Å². The monoisotopic (exact) mass is 634 g/mol. The lowest BCUT2D eigenvalue weighted by Crippen LogP contribution is -2.58. The summed E-state index contributed by atoms with van der Waals surface area (Å²) in [4.78, 5) is 12.8. The third-order valence-corrected chi connectivity index (χ3v) is 12.2. The number of benzene rings is 1. The van der Waals surface area contributed by atoms with Crippen LogP contribution < -0.4 is 0 Å². The molecule has 0 bridgehead atoms. The highest BCUT2D eigenvalue weighted by Gasteiger charge is 2.49. The van der Waals surface area contributed by atoms with Gasteiger partial charge in [-0.1, -0.05) is 87.4 Å². The van der Waals surface area contributed by atoms with Gasteiger partial charge in [0.2, 0.25) is 0 Å². The van der Waals surface area contributed by atoms with Crippen LogP contribution in [0.3, 0.4) is 0 Å². The molecule has 4 rings (SSSR count). The maximum Gasteiger partial charge on any atom is 0.338 e. The summed E-state index contributed by atoms with van der Waals surface area (Å²) in [5.41, 5.74) is 0.538. The Morgan fingerprint density at radius 1 is 0.659 bits per heavy atom. The predicted molar refractivity (Wildman–Crippen MR) is 175 cm³/mol. The first kappa shape index (κ1) is 35.7. The second-order valence-electron chi connectivity index (χ2n) is 13.6. The van der Waals surface area contributed by atoms with E-state index in [2.05, 4.69) is 69.2 Å². The van der Waals surface area contributed by atoms with Gasteiger partial charge < -0.3 is 28.4 Å². The summed E-state index contributed by atoms with van der Waals surface area (Å²) < 4.78 is 39.4. The topological polar surface area (TPSA) is 72.5 Å². The van der Waals surface area contributed by atoms with Crippen molar-refractivity contribution in [1.29, 1.82) is 0 Å². The molecular weight excluding hydrogens is 576 g/mol. The van der Waals surface area contributed by atoms with Crippen LogP contribution in [0, 0.1) is 41.4 Å². The fraction of sp³-hybridized carbons (Fsp3) is 0.806. The summed E-state index contributed by atoms with van der Waals surface area (Å²) in [6, 6.07) is 9.10. The molecule has 44 heavy (non-hydrogen) atoms. The second-order valence-corrected chi connectivity index (χ2v) is 15.0. The quantitative estimate of drug-likeness (QED) is 0.228. The number of thioether (sulfide) groups is 1. The van der Waals surface area contributed by atoms with Gasteiger partial charge in [-0.2, -0.15) is 0 Å². The van der Waals surface area contributed by atoms with Gasteiger partial charge in [-0.3, -0.25) is 0 Å². The van der Waals surface area contributed by atoms with Crippen LogP contribution in [0.25, 0.3) is 0 Å². The van der Waals surface area contributed by atoms with Gasteiger partial charge in [0, 0.05) is 11.8 Å². The summed E-state index contributed by atoms with van der Waals surface area (Å²) in [5.74, 6) is 2.64. The third kappa shape index (κ3) is 7.86. The number of carbonyl (C=O) groups excluding carboxylic acids is 1. The lowest BCUT2D eigenvalue weighted by atomic mass is 9.78. The van der Waals surface area contributed by atoms with Crippen LogP contribution >= 0.6 is 11.8 Å². The van der Waals surface area contributed by atoms with Gasteiger partial charge in [0.25, 0.3) is 0 Å². The molecule has 8 heteroatoms. The molecule has 0 aromatic heterocycles. The van der Waals surface area contributed by atoms with Gasteiger partial charge in [0.1, 0.15) is 18.1 Å². The van der Waals surface area contributed by atoms with E-state index in [4.69, 9.17) is 28.4 Å². The Labute approximate surface area is 270 Å². The molecule has 1 aromatic carbocycles. The molecule has 7 nitrogen and oxygen atoms in total. The number of ether oxygens (including phenoxy) is 6. The summed E-state index contributed by atoms with van der Waals surface area (Å²) in [5, 5.41) is 0. The van der Waals surface area contributed by atoms with Crippen molar-refractivity contribution in [1.82, 2.24) is 0 Å². The second kappa shape index (κ2) is 16.1. The van der Waals surface area contributed by atoms with Crippen LogP contribution in [0.5, 0.6) is 0 Å². The average molecular weight is 635 g/mol. The lowest BCUT2D eigenvalue weighted by molar-refractivity contribution is -0.339. The minimum absolute atomic E-state index is 0.00890. The molecule has 1 aromatic rings. The highest BCUT2D eigenvalue weighted by Crippen LogP contribution is 2.43. The number of rotatable bonds is 11. The van der Waals surface area contributed by atoms with Crippen molar-refractivity contribution < 1.29 is 33.2 Å². The van der Waals surface area contributed by atoms with Crippen LogP contribution in [0.1, 0.15) is 92.4 Å². The van der Waals surface area contributed by atoms with Crippen LogP contribution in [0.4, 0.5) is 0 Å². The van der Waals surface area contributed by atoms with E-state index in [1.54, 1.807) is 23.9 Å². The zero-order chi connectivity index (χ0) is 32.1. The first-order chi connectivity index (χ1) is 21.0. The van der Waals surface area contributed by atoms with E-state index in [0.717, 1.165) is 18.6 Å². The smallest absolute Gasteiger partial charge is 0.338 e. The fourth-order valence-corrected chi connectivity index (χ4v) is 8.25. The van der Waals surface area contributed by atoms with Gasteiger partial charge in [-0.25, -0.2) is 4.79 Å². The first-order valence-electron chi connectivity index (χ1n) is 17.1. The van der Waals surface area contributed by atoms with Crippen LogP contribution in [-0.2, 0) is 28.4 Å². The highest BCUT2D eigenvalue weighted by atomic mass is 32.2. The number of hydrogen-bond acceptors (Lipinski definition) is 8. The normalized spacial score (nSPS) is 43.0. The van der Waals surface area contributed by atoms with Crippen LogP contribution in [0.2, 0.25) is 0 Å². The molecule has 0 amide bonds. The van der Waals surface area contributed by atoms with Crippen LogP contribution in [-0.4, -0.2) is 66.9 Å². The highest BCUT2D eigenvalue weighted by molar-refractivity contribution is 7.99. The maximum atomic E-state index is 12.8. The van der Waals surface area contributed by atoms with E-state index in [1.807, 2.05) is 18.2 Å². The lowest BCUT2D eigenvalue weighted by Gasteiger charge is -2.51. The average Bonchev–Trinajstić information content (AvgIpc) is 3.03. The number of carbonyl (C=O) groups is 1. The Morgan fingerprint density at radius 3 is 1.80 bits per heavy atom. The van der Waals surface area contributed by atoms with E-state index in [0.29, 0.717) is 23.3 Å². The molecule has 3 heterocycles. The van der Waals surface area contributed by atoms with Crippen LogP contribution in [0.15, 0.2) is 30.3 Å². The Hall–Kier alpha value is -1.16. The summed E-state index contributed by atoms with van der Waals surface area (Å²) in [7, 11) is 0. The SMILES string of the molecule is CCS[C@@H]1OC(COC(=O)c2ccccc2)[C@H](O[C@@H]2OC(CC)[C@H](O[C@@H]3OC(CC)[C@H](C)[C@H](C)C3C)[C@H](C)C2C)[C@H](C)C1C. The van der Waals surface area contributed by atoms with Crippen molar-refractivity contribution in [2.75, 3.05) is 12.4 Å². The van der Waals surface area contributed by atoms with Crippen molar-refractivity contribution >= 4 is 17.7 Å². The van der Waals surface area contributed by atoms with Gasteiger partial charge >= 0.3 is 5.97 Å². The fourth-order valence-electron chi connectivity index (χ4n) is 7.15. The minimum Gasteiger partial charge on any atom is -0.459 e. The molecular formula is C36H58O7S. The largest absolute Gasteiger partial charge is 0.459 e. The predicted octanol–water partition coefficient (Wildman–Crippen LogP) is 7.81. The van der Waals surface area contributed by atoms with Gasteiger partial charge in [-0.05, 0) is 60.3 Å². The molecule has 0 saturated carbocycles. The number of hydrogen-bond donors (Lipinski definition) is 0. The Balaban J connectivity index is 1.48. The van der Waals surface area contributed by atoms with Gasteiger partial charge in [0.05, 0.1) is 30.0 Å². The van der Waals surface area contributed by atoms with Crippen molar-refractivity contribution in [2.45, 2.75) is 131 Å². The summed E-state index contributed by atoms with van der Waals surface area (Å²) in [6.45, 7) is 22.4. The van der Waals surface area contributed by atoms with Crippen molar-refractivity contribution in [3.05, 3.63) is 35.9 Å². The standard InChI is InChI=1S/C36H58O7S/c1-11-28-21(5)20(4)24(8)34(39-28)42-31-22(6)25(9)35(40-29(31)12-2)43-32-23(7)26(10)36(44-13-3)41-30(32)19-38-33(37)27-17-15-14-16-18-27/h14-18,20-26,28-32,34-36H,11-13,19H2,1-10H3/t20-,21+,22+,23+,24?,25?,26?,28?,29?,30?,31+,32+,34-,35-,36-/m0/s1. The molecule has 6 unspecified atom stereocenters. The van der Waals surface area contributed by atoms with Gasteiger partial charge in [-0.15, -0.1) is 11.8 Å². The maximum absolute atomic E-state index is 12.8. The van der Waals surface area contributed by atoms with E-state index >= 15 is 0 Å². The van der Waals surface area contributed by atoms with Crippen molar-refractivity contribution in [2.24, 2.45) is 41.4 Å². The summed E-state index contributed by atoms with van der Waals surface area (Å²) in [6.07, 6.45) is 0.439. The molecule has 3 fully saturated rings. The molecule has 250 valence electrons. The molecule has 0 N–H and O–H groups in total. The Morgan fingerprint density at radius 2 is 1.20 bits per heavy atom. The van der Waals surface area contributed by atoms with E-state index in [9.17, 15) is 4.79 Å². The minimum atomic E-state index is -0.423. The molecule has 3 aliphatic rings. The number of esters is 1.